The Bertz CT molecular complexity index is 1210. The molecule has 1 heterocycles. The van der Waals surface area contributed by atoms with E-state index in [2.05, 4.69) is 26.0 Å². The monoisotopic (exact) mass is 478 g/mol. The van der Waals surface area contributed by atoms with Crippen LogP contribution in [-0.4, -0.2) is 25.9 Å². The maximum Gasteiger partial charge on any atom is 0.312 e. The third-order valence-electron chi connectivity index (χ3n) is 4.48. The number of benzene rings is 2. The second-order valence-corrected chi connectivity index (χ2v) is 7.77. The number of halogens is 2. The number of nitro benzene ring substituents is 1. The van der Waals surface area contributed by atoms with Crippen molar-refractivity contribution in [3.05, 3.63) is 71.7 Å². The zero-order chi connectivity index (χ0) is 21.3. The number of nitrogens with zero attached hydrogens (tertiary/aromatic N) is 4. The minimum atomic E-state index is -0.746. The molecule has 0 amide bonds. The fraction of sp³-hybridized carbons (Fsp3) is 0.211. The molecule has 0 saturated carbocycles. The summed E-state index contributed by atoms with van der Waals surface area (Å²) in [5.74, 6) is -0.215. The lowest BCUT2D eigenvalue weighted by molar-refractivity contribution is -0.385. The van der Waals surface area contributed by atoms with Crippen molar-refractivity contribution in [1.29, 1.82) is 0 Å². The zero-order valence-corrected chi connectivity index (χ0v) is 17.8. The van der Waals surface area contributed by atoms with Crippen molar-refractivity contribution in [3.8, 4) is 5.75 Å². The van der Waals surface area contributed by atoms with Gasteiger partial charge in [-0.2, -0.15) is 9.78 Å². The van der Waals surface area contributed by atoms with Gasteiger partial charge in [-0.3, -0.25) is 14.9 Å². The number of fused-ring (bicyclic) bond motifs is 1. The SMILES string of the molecule is CC[C@@H](C)c1nc2ccc(Br)cc2c(=O)n1N=Cc1cc(Cl)cc([N+](=O)[O-])c1O. The lowest BCUT2D eigenvalue weighted by atomic mass is 10.1. The van der Waals surface area contributed by atoms with Crippen LogP contribution in [0.1, 0.15) is 37.6 Å². The van der Waals surface area contributed by atoms with Gasteiger partial charge in [0.25, 0.3) is 5.56 Å². The molecule has 0 spiro atoms. The molecule has 3 rings (SSSR count). The lowest BCUT2D eigenvalue weighted by Crippen LogP contribution is -2.23. The molecule has 1 N–H and O–H groups in total. The van der Waals surface area contributed by atoms with E-state index in [4.69, 9.17) is 11.6 Å². The molecule has 2 aromatic carbocycles. The molecule has 29 heavy (non-hydrogen) atoms. The summed E-state index contributed by atoms with van der Waals surface area (Å²) in [4.78, 5) is 28.0. The topological polar surface area (TPSA) is 111 Å². The highest BCUT2D eigenvalue weighted by molar-refractivity contribution is 9.10. The summed E-state index contributed by atoms with van der Waals surface area (Å²) in [6.07, 6.45) is 1.88. The Balaban J connectivity index is 2.23. The van der Waals surface area contributed by atoms with E-state index in [0.717, 1.165) is 27.9 Å². The Morgan fingerprint density at radius 3 is 2.79 bits per heavy atom. The Morgan fingerprint density at radius 2 is 2.14 bits per heavy atom. The summed E-state index contributed by atoms with van der Waals surface area (Å²) in [5.41, 5.74) is -0.380. The first-order valence-electron chi connectivity index (χ1n) is 8.66. The Kier molecular flexibility index (Phi) is 5.99. The summed E-state index contributed by atoms with van der Waals surface area (Å²) in [5, 5.41) is 25.9. The van der Waals surface area contributed by atoms with E-state index < -0.39 is 16.4 Å². The van der Waals surface area contributed by atoms with Gasteiger partial charge in [0.2, 0.25) is 5.75 Å². The number of phenolic OH excluding ortho intramolecular Hbond substituents is 1. The number of phenols is 1. The van der Waals surface area contributed by atoms with Gasteiger partial charge >= 0.3 is 5.69 Å². The van der Waals surface area contributed by atoms with Gasteiger partial charge in [-0.1, -0.05) is 41.4 Å². The zero-order valence-electron chi connectivity index (χ0n) is 15.5. The second-order valence-electron chi connectivity index (χ2n) is 6.42. The van der Waals surface area contributed by atoms with Crippen molar-refractivity contribution in [1.82, 2.24) is 9.66 Å². The van der Waals surface area contributed by atoms with Crippen LogP contribution in [0, 0.1) is 10.1 Å². The van der Waals surface area contributed by atoms with Crippen LogP contribution in [0.5, 0.6) is 5.75 Å². The normalized spacial score (nSPS) is 12.6. The van der Waals surface area contributed by atoms with Crippen LogP contribution >= 0.6 is 27.5 Å². The van der Waals surface area contributed by atoms with Crippen LogP contribution in [-0.2, 0) is 0 Å². The first kappa shape index (κ1) is 20.9. The molecule has 8 nitrogen and oxygen atoms in total. The smallest absolute Gasteiger partial charge is 0.312 e. The third-order valence-corrected chi connectivity index (χ3v) is 5.19. The lowest BCUT2D eigenvalue weighted by Gasteiger charge is -2.14. The van der Waals surface area contributed by atoms with Crippen molar-refractivity contribution in [2.45, 2.75) is 26.2 Å². The molecule has 0 aliphatic carbocycles. The van der Waals surface area contributed by atoms with E-state index in [-0.39, 0.29) is 22.1 Å². The van der Waals surface area contributed by atoms with Gasteiger partial charge in [0, 0.05) is 27.0 Å². The number of nitro groups is 1. The predicted octanol–water partition coefficient (Wildman–Crippen LogP) is 4.82. The van der Waals surface area contributed by atoms with Crippen molar-refractivity contribution in [2.75, 3.05) is 0 Å². The molecule has 3 aromatic rings. The second kappa shape index (κ2) is 8.30. The molecule has 0 fully saturated rings. The average Bonchev–Trinajstić information content (AvgIpc) is 2.68. The summed E-state index contributed by atoms with van der Waals surface area (Å²) < 4.78 is 1.87. The molecule has 1 aromatic heterocycles. The molecule has 0 radical (unpaired) electrons. The van der Waals surface area contributed by atoms with E-state index in [0.29, 0.717) is 16.7 Å². The molecule has 0 aliphatic heterocycles. The summed E-state index contributed by atoms with van der Waals surface area (Å²) in [6, 6.07) is 7.56. The summed E-state index contributed by atoms with van der Waals surface area (Å²) in [7, 11) is 0. The first-order chi connectivity index (χ1) is 13.7. The van der Waals surface area contributed by atoms with Crippen molar-refractivity contribution in [3.63, 3.8) is 0 Å². The van der Waals surface area contributed by atoms with Gasteiger partial charge in [-0.05, 0) is 30.7 Å². The summed E-state index contributed by atoms with van der Waals surface area (Å²) in [6.45, 7) is 3.88. The van der Waals surface area contributed by atoms with E-state index in [9.17, 15) is 20.0 Å². The van der Waals surface area contributed by atoms with Crippen LogP contribution in [0.4, 0.5) is 5.69 Å². The molecular formula is C19H16BrClN4O4. The maximum atomic E-state index is 13.1. The third kappa shape index (κ3) is 4.15. The molecular weight excluding hydrogens is 464 g/mol. The fourth-order valence-electron chi connectivity index (χ4n) is 2.74. The van der Waals surface area contributed by atoms with Gasteiger partial charge in [-0.25, -0.2) is 4.98 Å². The Labute approximate surface area is 178 Å². The number of aromatic hydroxyl groups is 1. The van der Waals surface area contributed by atoms with Gasteiger partial charge in [0.15, 0.2) is 0 Å². The maximum absolute atomic E-state index is 13.1. The quantitative estimate of drug-likeness (QED) is 0.320. The standard InChI is InChI=1S/C19H16BrClN4O4/c1-3-10(2)18-23-15-5-4-12(20)7-14(15)19(27)24(18)22-9-11-6-13(21)8-16(17(11)26)25(28)29/h4-10,26H,3H2,1-2H3/t10-/m1/s1. The highest BCUT2D eigenvalue weighted by atomic mass is 79.9. The average molecular weight is 480 g/mol. The van der Waals surface area contributed by atoms with Crippen LogP contribution in [0.15, 0.2) is 44.7 Å². The number of hydrogen-bond donors (Lipinski definition) is 1. The molecule has 0 saturated heterocycles. The number of aromatic nitrogens is 2. The van der Waals surface area contributed by atoms with Gasteiger partial charge < -0.3 is 5.11 Å². The Morgan fingerprint density at radius 1 is 1.41 bits per heavy atom. The fourth-order valence-corrected chi connectivity index (χ4v) is 3.32. The van der Waals surface area contributed by atoms with Crippen LogP contribution in [0.25, 0.3) is 10.9 Å². The van der Waals surface area contributed by atoms with Crippen molar-refractivity contribution < 1.29 is 10.0 Å². The number of hydrogen-bond acceptors (Lipinski definition) is 6. The van der Waals surface area contributed by atoms with Crippen molar-refractivity contribution in [2.24, 2.45) is 5.10 Å². The van der Waals surface area contributed by atoms with Gasteiger partial charge in [0.1, 0.15) is 5.82 Å². The van der Waals surface area contributed by atoms with Crippen LogP contribution in [0.2, 0.25) is 5.02 Å². The molecule has 0 bridgehead atoms. The minimum absolute atomic E-state index is 0.0144. The van der Waals surface area contributed by atoms with E-state index in [1.54, 1.807) is 18.2 Å². The minimum Gasteiger partial charge on any atom is -0.502 e. The van der Waals surface area contributed by atoms with Crippen LogP contribution < -0.4 is 5.56 Å². The predicted molar refractivity (Wildman–Crippen MR) is 115 cm³/mol. The van der Waals surface area contributed by atoms with E-state index in [1.807, 2.05) is 13.8 Å². The highest BCUT2D eigenvalue weighted by Crippen LogP contribution is 2.32. The molecule has 10 heteroatoms. The molecule has 1 atom stereocenters. The van der Waals surface area contributed by atoms with Gasteiger partial charge in [0.05, 0.1) is 22.0 Å². The highest BCUT2D eigenvalue weighted by Gasteiger charge is 2.19. The van der Waals surface area contributed by atoms with Gasteiger partial charge in [-0.15, -0.1) is 0 Å². The molecule has 150 valence electrons. The van der Waals surface area contributed by atoms with Crippen LogP contribution in [0.3, 0.4) is 0 Å². The van der Waals surface area contributed by atoms with E-state index >= 15 is 0 Å². The largest absolute Gasteiger partial charge is 0.502 e. The Hall–Kier alpha value is -2.78. The first-order valence-corrected chi connectivity index (χ1v) is 9.83. The van der Waals surface area contributed by atoms with Crippen molar-refractivity contribution >= 4 is 50.3 Å². The number of rotatable bonds is 5. The molecule has 0 unspecified atom stereocenters. The summed E-state index contributed by atoms with van der Waals surface area (Å²) >= 11 is 9.26. The van der Waals surface area contributed by atoms with E-state index in [1.165, 1.54) is 6.07 Å². The molecule has 0 aliphatic rings.